The third kappa shape index (κ3) is 3.20. The van der Waals surface area contributed by atoms with Gasteiger partial charge in [-0.2, -0.15) is 0 Å². The van der Waals surface area contributed by atoms with Gasteiger partial charge in [0.2, 0.25) is 0 Å². The van der Waals surface area contributed by atoms with Crippen LogP contribution >= 0.6 is 0 Å². The average Bonchev–Trinajstić information content (AvgIpc) is 2.98. The van der Waals surface area contributed by atoms with E-state index in [0.29, 0.717) is 5.75 Å². The molecule has 0 fully saturated rings. The maximum absolute atomic E-state index is 10.2. The van der Waals surface area contributed by atoms with Crippen molar-refractivity contribution < 1.29 is 5.11 Å². The Morgan fingerprint density at radius 2 is 1.88 bits per heavy atom. The van der Waals surface area contributed by atoms with Crippen molar-refractivity contribution in [1.82, 2.24) is 9.47 Å². The van der Waals surface area contributed by atoms with Gasteiger partial charge in [-0.15, -0.1) is 0 Å². The number of para-hydroxylation sites is 1. The summed E-state index contributed by atoms with van der Waals surface area (Å²) in [6.45, 7) is 4.94. The predicted octanol–water partition coefficient (Wildman–Crippen LogP) is 4.50. The van der Waals surface area contributed by atoms with Gasteiger partial charge in [0, 0.05) is 37.1 Å². The summed E-state index contributed by atoms with van der Waals surface area (Å²) in [6, 6.07) is 21.0. The van der Waals surface area contributed by atoms with Gasteiger partial charge in [0.25, 0.3) is 0 Å². The molecule has 3 nitrogen and oxygen atoms in total. The van der Waals surface area contributed by atoms with Gasteiger partial charge in [0.1, 0.15) is 5.75 Å². The minimum atomic E-state index is 0.206. The van der Waals surface area contributed by atoms with Crippen LogP contribution in [0.5, 0.6) is 5.75 Å². The van der Waals surface area contributed by atoms with E-state index >= 15 is 0 Å². The summed E-state index contributed by atoms with van der Waals surface area (Å²) in [4.78, 5) is 2.49. The molecule has 1 aliphatic heterocycles. The summed E-state index contributed by atoms with van der Waals surface area (Å²) < 4.78 is 2.37. The van der Waals surface area contributed by atoms with E-state index in [4.69, 9.17) is 0 Å². The van der Waals surface area contributed by atoms with E-state index in [-0.39, 0.29) is 6.04 Å². The van der Waals surface area contributed by atoms with Crippen molar-refractivity contribution >= 4 is 0 Å². The first-order valence-electron chi connectivity index (χ1n) is 8.95. The highest BCUT2D eigenvalue weighted by Gasteiger charge is 2.27. The number of aryl methyl sites for hydroxylation is 2. The second kappa shape index (κ2) is 6.77. The largest absolute Gasteiger partial charge is 0.508 e. The highest BCUT2D eigenvalue weighted by molar-refractivity contribution is 5.35. The van der Waals surface area contributed by atoms with Gasteiger partial charge in [0.05, 0.1) is 6.04 Å². The number of hydrogen-bond donors (Lipinski definition) is 1. The van der Waals surface area contributed by atoms with Crippen LogP contribution < -0.4 is 0 Å². The van der Waals surface area contributed by atoms with E-state index in [1.807, 2.05) is 18.2 Å². The van der Waals surface area contributed by atoms with Gasteiger partial charge in [-0.25, -0.2) is 0 Å². The molecule has 1 aromatic heterocycles. The van der Waals surface area contributed by atoms with Crippen LogP contribution in [0.25, 0.3) is 0 Å². The Hall–Kier alpha value is -2.52. The zero-order valence-corrected chi connectivity index (χ0v) is 14.6. The molecule has 0 saturated heterocycles. The number of phenols is 1. The summed E-state index contributed by atoms with van der Waals surface area (Å²) in [5.41, 5.74) is 4.92. The van der Waals surface area contributed by atoms with Crippen LogP contribution in [0, 0.1) is 6.92 Å². The predicted molar refractivity (Wildman–Crippen MR) is 101 cm³/mol. The van der Waals surface area contributed by atoms with Crippen molar-refractivity contribution in [3.8, 4) is 5.75 Å². The fourth-order valence-electron chi connectivity index (χ4n) is 3.89. The fourth-order valence-corrected chi connectivity index (χ4v) is 3.89. The third-order valence-electron chi connectivity index (χ3n) is 5.08. The number of rotatable bonds is 3. The highest BCUT2D eigenvalue weighted by atomic mass is 16.3. The van der Waals surface area contributed by atoms with Crippen LogP contribution in [0.15, 0.2) is 66.9 Å². The van der Waals surface area contributed by atoms with Crippen LogP contribution in [-0.2, 0) is 13.1 Å². The van der Waals surface area contributed by atoms with Crippen LogP contribution in [-0.4, -0.2) is 21.1 Å². The molecule has 0 bridgehead atoms. The molecule has 128 valence electrons. The van der Waals surface area contributed by atoms with Crippen LogP contribution in [0.1, 0.15) is 34.8 Å². The molecule has 1 N–H and O–H groups in total. The summed E-state index contributed by atoms with van der Waals surface area (Å²) in [7, 11) is 0. The van der Waals surface area contributed by atoms with Gasteiger partial charge < -0.3 is 9.67 Å². The maximum atomic E-state index is 10.2. The van der Waals surface area contributed by atoms with Gasteiger partial charge in [-0.3, -0.25) is 4.90 Å². The van der Waals surface area contributed by atoms with Crippen LogP contribution in [0.2, 0.25) is 0 Å². The lowest BCUT2D eigenvalue weighted by molar-refractivity contribution is 0.217. The van der Waals surface area contributed by atoms with Crippen molar-refractivity contribution in [1.29, 1.82) is 0 Å². The lowest BCUT2D eigenvalue weighted by Gasteiger charge is -2.31. The quantitative estimate of drug-likeness (QED) is 0.765. The Balaban J connectivity index is 1.77. The number of aromatic hydroxyl groups is 1. The summed E-state index contributed by atoms with van der Waals surface area (Å²) in [5.74, 6) is 0.380. The zero-order chi connectivity index (χ0) is 17.2. The summed E-state index contributed by atoms with van der Waals surface area (Å²) in [5, 5.41) is 10.2. The monoisotopic (exact) mass is 332 g/mol. The molecule has 1 aliphatic rings. The summed E-state index contributed by atoms with van der Waals surface area (Å²) >= 11 is 0. The molecule has 0 spiro atoms. The van der Waals surface area contributed by atoms with Gasteiger partial charge in [-0.05, 0) is 37.1 Å². The normalized spacial score (nSPS) is 17.9. The molecule has 4 rings (SSSR count). The fraction of sp³-hybridized carbons (Fsp3) is 0.273. The van der Waals surface area contributed by atoms with Gasteiger partial charge >= 0.3 is 0 Å². The number of benzene rings is 2. The highest BCUT2D eigenvalue weighted by Crippen LogP contribution is 2.34. The van der Waals surface area contributed by atoms with Crippen molar-refractivity contribution in [2.45, 2.75) is 32.5 Å². The number of fused-ring (bicyclic) bond motifs is 1. The minimum absolute atomic E-state index is 0.206. The molecule has 25 heavy (non-hydrogen) atoms. The first-order valence-corrected chi connectivity index (χ1v) is 8.95. The Morgan fingerprint density at radius 1 is 1.00 bits per heavy atom. The molecule has 0 saturated carbocycles. The maximum Gasteiger partial charge on any atom is 0.120 e. The van der Waals surface area contributed by atoms with E-state index in [0.717, 1.165) is 31.6 Å². The molecule has 0 amide bonds. The number of nitrogens with zero attached hydrogens (tertiary/aromatic N) is 2. The molecular weight excluding hydrogens is 308 g/mol. The molecule has 2 heterocycles. The third-order valence-corrected chi connectivity index (χ3v) is 5.08. The molecule has 2 aromatic carbocycles. The first-order chi connectivity index (χ1) is 12.2. The Kier molecular flexibility index (Phi) is 4.33. The van der Waals surface area contributed by atoms with E-state index in [2.05, 4.69) is 59.0 Å². The number of hydrogen-bond acceptors (Lipinski definition) is 2. The van der Waals surface area contributed by atoms with Crippen molar-refractivity contribution in [2.24, 2.45) is 0 Å². The minimum Gasteiger partial charge on any atom is -0.508 e. The standard InChI is InChI=1S/C22H24N2O/c1-17-7-4-9-18(15-17)22-20-10-5-12-23(20)13-6-14-24(22)16-19-8-2-3-11-21(19)25/h2-5,7-12,15,22,25H,6,13-14,16H2,1H3/t22-/m0/s1. The second-order valence-electron chi connectivity index (χ2n) is 6.90. The molecule has 0 radical (unpaired) electrons. The van der Waals surface area contributed by atoms with E-state index < -0.39 is 0 Å². The second-order valence-corrected chi connectivity index (χ2v) is 6.90. The van der Waals surface area contributed by atoms with E-state index in [9.17, 15) is 5.11 Å². The van der Waals surface area contributed by atoms with Crippen LogP contribution in [0.3, 0.4) is 0 Å². The van der Waals surface area contributed by atoms with E-state index in [1.54, 1.807) is 6.07 Å². The molecule has 1 atom stereocenters. The molecular formula is C22H24N2O. The molecule has 3 heteroatoms. The number of phenolic OH excluding ortho intramolecular Hbond substituents is 1. The first kappa shape index (κ1) is 16.0. The molecule has 0 unspecified atom stereocenters. The SMILES string of the molecule is Cc1cccc([C@H]2c3cccn3CCCN2Cc2ccccc2O)c1. The Bertz CT molecular complexity index is 868. The van der Waals surface area contributed by atoms with Gasteiger partial charge in [-0.1, -0.05) is 48.0 Å². The average molecular weight is 332 g/mol. The smallest absolute Gasteiger partial charge is 0.120 e. The van der Waals surface area contributed by atoms with Gasteiger partial charge in [0.15, 0.2) is 0 Å². The lowest BCUT2D eigenvalue weighted by atomic mass is 9.99. The van der Waals surface area contributed by atoms with Crippen LogP contribution in [0.4, 0.5) is 0 Å². The zero-order valence-electron chi connectivity index (χ0n) is 14.6. The topological polar surface area (TPSA) is 28.4 Å². The van der Waals surface area contributed by atoms with E-state index in [1.165, 1.54) is 16.8 Å². The Morgan fingerprint density at radius 3 is 2.72 bits per heavy atom. The number of aromatic nitrogens is 1. The Labute approximate surface area is 149 Å². The van der Waals surface area contributed by atoms with Crippen molar-refractivity contribution in [3.05, 3.63) is 89.2 Å². The molecule has 3 aromatic rings. The van der Waals surface area contributed by atoms with Crippen molar-refractivity contribution in [2.75, 3.05) is 6.54 Å². The van der Waals surface area contributed by atoms with Crippen molar-refractivity contribution in [3.63, 3.8) is 0 Å². The molecule has 0 aliphatic carbocycles. The summed E-state index contributed by atoms with van der Waals surface area (Å²) in [6.07, 6.45) is 3.29. The lowest BCUT2D eigenvalue weighted by Crippen LogP contribution is -2.29.